The van der Waals surface area contributed by atoms with Crippen LogP contribution in [0, 0.1) is 0 Å². The Labute approximate surface area is 99.8 Å². The molecule has 0 unspecified atom stereocenters. The zero-order chi connectivity index (χ0) is 12.5. The summed E-state index contributed by atoms with van der Waals surface area (Å²) in [4.78, 5) is 18.6. The number of primary amides is 1. The average molecular weight is 239 g/mol. The number of anilines is 1. The first-order valence-electron chi connectivity index (χ1n) is 5.45. The number of hydrogen-bond acceptors (Lipinski definition) is 5. The van der Waals surface area contributed by atoms with Crippen LogP contribution in [0.4, 0.5) is 10.7 Å². The molecular weight excluding hydrogens is 222 g/mol. The summed E-state index contributed by atoms with van der Waals surface area (Å²) in [6.07, 6.45) is 2.54. The third-order valence-electron chi connectivity index (χ3n) is 1.79. The van der Waals surface area contributed by atoms with E-state index in [-0.39, 0.29) is 0 Å². The van der Waals surface area contributed by atoms with Crippen molar-refractivity contribution in [2.24, 2.45) is 5.73 Å². The van der Waals surface area contributed by atoms with Gasteiger partial charge < -0.3 is 21.1 Å². The van der Waals surface area contributed by atoms with E-state index in [2.05, 4.69) is 20.6 Å². The van der Waals surface area contributed by atoms with Gasteiger partial charge in [0.2, 0.25) is 11.8 Å². The van der Waals surface area contributed by atoms with Gasteiger partial charge in [0.1, 0.15) is 0 Å². The van der Waals surface area contributed by atoms with Gasteiger partial charge in [-0.25, -0.2) is 9.78 Å². The van der Waals surface area contributed by atoms with E-state index in [9.17, 15) is 4.79 Å². The molecule has 94 valence electrons. The standard InChI is InChI=1S/C10H17N5O2/c1-2-7-17-8-3-4-13-10(15-8)14-6-5-12-9(11)16/h3-4H,2,5-7H2,1H3,(H3,11,12,16)(H,13,14,15). The zero-order valence-electron chi connectivity index (χ0n) is 9.77. The van der Waals surface area contributed by atoms with Crippen LogP contribution in [0.2, 0.25) is 0 Å². The zero-order valence-corrected chi connectivity index (χ0v) is 9.77. The lowest BCUT2D eigenvalue weighted by Gasteiger charge is -2.07. The number of nitrogens with zero attached hydrogens (tertiary/aromatic N) is 2. The SMILES string of the molecule is CCCOc1ccnc(NCCNC(N)=O)n1. The number of aromatic nitrogens is 2. The summed E-state index contributed by atoms with van der Waals surface area (Å²) in [6.45, 7) is 3.56. The van der Waals surface area contributed by atoms with Crippen molar-refractivity contribution in [3.63, 3.8) is 0 Å². The summed E-state index contributed by atoms with van der Waals surface area (Å²) >= 11 is 0. The lowest BCUT2D eigenvalue weighted by molar-refractivity contribution is 0.249. The lowest BCUT2D eigenvalue weighted by atomic mass is 10.5. The normalized spacial score (nSPS) is 9.71. The van der Waals surface area contributed by atoms with Crippen molar-refractivity contribution in [3.05, 3.63) is 12.3 Å². The minimum absolute atomic E-state index is 0.415. The Balaban J connectivity index is 2.34. The molecule has 0 aliphatic carbocycles. The molecule has 7 nitrogen and oxygen atoms in total. The molecule has 0 spiro atoms. The maximum Gasteiger partial charge on any atom is 0.312 e. The van der Waals surface area contributed by atoms with Crippen LogP contribution >= 0.6 is 0 Å². The first kappa shape index (κ1) is 13.0. The average Bonchev–Trinajstić information content (AvgIpc) is 2.32. The van der Waals surface area contributed by atoms with Gasteiger partial charge in [0.05, 0.1) is 6.61 Å². The van der Waals surface area contributed by atoms with Gasteiger partial charge >= 0.3 is 6.03 Å². The first-order chi connectivity index (χ1) is 8.22. The van der Waals surface area contributed by atoms with Crippen LogP contribution in [0.25, 0.3) is 0 Å². The maximum atomic E-state index is 10.4. The molecule has 7 heteroatoms. The van der Waals surface area contributed by atoms with Crippen molar-refractivity contribution < 1.29 is 9.53 Å². The van der Waals surface area contributed by atoms with E-state index < -0.39 is 6.03 Å². The summed E-state index contributed by atoms with van der Waals surface area (Å²) in [5.74, 6) is 0.997. The predicted molar refractivity (Wildman–Crippen MR) is 63.9 cm³/mol. The van der Waals surface area contributed by atoms with E-state index in [0.717, 1.165) is 6.42 Å². The van der Waals surface area contributed by atoms with Gasteiger partial charge in [0, 0.05) is 25.4 Å². The molecule has 0 saturated carbocycles. The summed E-state index contributed by atoms with van der Waals surface area (Å²) in [7, 11) is 0. The highest BCUT2D eigenvalue weighted by Gasteiger charge is 1.99. The Hall–Kier alpha value is -2.05. The summed E-state index contributed by atoms with van der Waals surface area (Å²) in [6, 6.07) is 1.15. The molecule has 0 radical (unpaired) electrons. The molecule has 0 aliphatic heterocycles. The number of ether oxygens (including phenoxy) is 1. The van der Waals surface area contributed by atoms with Crippen LogP contribution in [0.1, 0.15) is 13.3 Å². The van der Waals surface area contributed by atoms with Crippen molar-refractivity contribution in [2.45, 2.75) is 13.3 Å². The number of nitrogens with two attached hydrogens (primary N) is 1. The molecule has 1 rings (SSSR count). The fraction of sp³-hybridized carbons (Fsp3) is 0.500. The molecule has 0 fully saturated rings. The van der Waals surface area contributed by atoms with Crippen LogP contribution in [0.5, 0.6) is 5.88 Å². The maximum absolute atomic E-state index is 10.4. The van der Waals surface area contributed by atoms with Crippen LogP contribution in [-0.2, 0) is 0 Å². The highest BCUT2D eigenvalue weighted by molar-refractivity contribution is 5.71. The Morgan fingerprint density at radius 2 is 2.35 bits per heavy atom. The van der Waals surface area contributed by atoms with E-state index in [1.165, 1.54) is 0 Å². The van der Waals surface area contributed by atoms with Gasteiger partial charge in [-0.1, -0.05) is 6.92 Å². The molecule has 1 heterocycles. The first-order valence-corrected chi connectivity index (χ1v) is 5.45. The second-order valence-corrected chi connectivity index (χ2v) is 3.28. The number of amides is 2. The predicted octanol–water partition coefficient (Wildman–Crippen LogP) is 0.346. The number of carbonyl (C=O) groups excluding carboxylic acids is 1. The van der Waals surface area contributed by atoms with Gasteiger partial charge in [0.25, 0.3) is 0 Å². The van der Waals surface area contributed by atoms with Gasteiger partial charge in [-0.2, -0.15) is 4.98 Å². The number of nitrogens with one attached hydrogen (secondary N) is 2. The van der Waals surface area contributed by atoms with Crippen LogP contribution in [0.15, 0.2) is 12.3 Å². The molecule has 2 amide bonds. The Bertz CT molecular complexity index is 358. The Kier molecular flexibility index (Phi) is 5.56. The molecule has 1 aromatic rings. The molecule has 0 aliphatic rings. The van der Waals surface area contributed by atoms with E-state index >= 15 is 0 Å². The number of carbonyl (C=O) groups is 1. The summed E-state index contributed by atoms with van der Waals surface area (Å²) < 4.78 is 5.36. The van der Waals surface area contributed by atoms with Crippen molar-refractivity contribution in [1.82, 2.24) is 15.3 Å². The quantitative estimate of drug-likeness (QED) is 0.596. The minimum Gasteiger partial charge on any atom is -0.478 e. The van der Waals surface area contributed by atoms with Crippen LogP contribution < -0.4 is 21.1 Å². The summed E-state index contributed by atoms with van der Waals surface area (Å²) in [5.41, 5.74) is 4.92. The molecule has 0 bridgehead atoms. The number of hydrogen-bond donors (Lipinski definition) is 3. The van der Waals surface area contributed by atoms with Gasteiger partial charge in [0.15, 0.2) is 0 Å². The van der Waals surface area contributed by atoms with Gasteiger partial charge in [-0.15, -0.1) is 0 Å². The van der Waals surface area contributed by atoms with Gasteiger partial charge in [-0.05, 0) is 6.42 Å². The smallest absolute Gasteiger partial charge is 0.312 e. The number of urea groups is 1. The third-order valence-corrected chi connectivity index (χ3v) is 1.79. The van der Waals surface area contributed by atoms with Crippen molar-refractivity contribution in [1.29, 1.82) is 0 Å². The fourth-order valence-corrected chi connectivity index (χ4v) is 1.07. The van der Waals surface area contributed by atoms with Crippen molar-refractivity contribution >= 4 is 12.0 Å². The molecule has 1 aromatic heterocycles. The van der Waals surface area contributed by atoms with Crippen LogP contribution in [-0.4, -0.2) is 35.7 Å². The largest absolute Gasteiger partial charge is 0.478 e. The summed E-state index contributed by atoms with van der Waals surface area (Å²) in [5, 5.41) is 5.40. The third kappa shape index (κ3) is 5.55. The lowest BCUT2D eigenvalue weighted by Crippen LogP contribution is -2.33. The van der Waals surface area contributed by atoms with E-state index in [1.54, 1.807) is 12.3 Å². The topological polar surface area (TPSA) is 102 Å². The minimum atomic E-state index is -0.548. The number of rotatable bonds is 7. The second kappa shape index (κ2) is 7.26. The van der Waals surface area contributed by atoms with Crippen molar-refractivity contribution in [3.8, 4) is 5.88 Å². The molecule has 0 saturated heterocycles. The molecule has 17 heavy (non-hydrogen) atoms. The van der Waals surface area contributed by atoms with E-state index in [4.69, 9.17) is 10.5 Å². The van der Waals surface area contributed by atoms with Gasteiger partial charge in [-0.3, -0.25) is 0 Å². The molecular formula is C10H17N5O2. The van der Waals surface area contributed by atoms with E-state index in [1.807, 2.05) is 6.92 Å². The van der Waals surface area contributed by atoms with E-state index in [0.29, 0.717) is 31.5 Å². The Morgan fingerprint density at radius 3 is 3.06 bits per heavy atom. The second-order valence-electron chi connectivity index (χ2n) is 3.28. The highest BCUT2D eigenvalue weighted by Crippen LogP contribution is 2.07. The molecule has 0 aromatic carbocycles. The molecule has 0 atom stereocenters. The van der Waals surface area contributed by atoms with Crippen LogP contribution in [0.3, 0.4) is 0 Å². The Morgan fingerprint density at radius 1 is 1.53 bits per heavy atom. The monoisotopic (exact) mass is 239 g/mol. The fourth-order valence-electron chi connectivity index (χ4n) is 1.07. The molecule has 4 N–H and O–H groups in total. The van der Waals surface area contributed by atoms with Crippen molar-refractivity contribution in [2.75, 3.05) is 25.0 Å². The highest BCUT2D eigenvalue weighted by atomic mass is 16.5.